The Hall–Kier alpha value is -3.41. The van der Waals surface area contributed by atoms with Crippen LogP contribution < -0.4 is 10.2 Å². The first-order valence-corrected chi connectivity index (χ1v) is 9.55. The number of carbonyl (C=O) groups is 2. The van der Waals surface area contributed by atoms with Crippen molar-refractivity contribution in [3.05, 3.63) is 56.7 Å². The fourth-order valence-corrected chi connectivity index (χ4v) is 3.81. The van der Waals surface area contributed by atoms with E-state index in [1.165, 1.54) is 25.1 Å². The van der Waals surface area contributed by atoms with Crippen LogP contribution in [0.4, 0.5) is 30.4 Å². The van der Waals surface area contributed by atoms with Gasteiger partial charge in [-0.2, -0.15) is 13.2 Å². The maximum absolute atomic E-state index is 13.2. The number of nitrogens with zero attached hydrogens (tertiary/aromatic N) is 3. The van der Waals surface area contributed by atoms with Gasteiger partial charge in [-0.05, 0) is 25.1 Å². The number of nitro groups is 1. The Bertz CT molecular complexity index is 1100. The van der Waals surface area contributed by atoms with Gasteiger partial charge in [0.1, 0.15) is 17.5 Å². The minimum absolute atomic E-state index is 0.0161. The third kappa shape index (κ3) is 4.59. The molecule has 3 rings (SSSR count). The number of amides is 1. The van der Waals surface area contributed by atoms with E-state index in [0.29, 0.717) is 6.07 Å². The number of nitrogens with one attached hydrogen (secondary N) is 1. The number of halogens is 4. The minimum Gasteiger partial charge on any atom is -0.480 e. The molecule has 2 N–H and O–H groups in total. The number of hydrogen-bond donors (Lipinski definition) is 2. The Kier molecular flexibility index (Phi) is 6.26. The zero-order valence-electron chi connectivity index (χ0n) is 16.4. The average molecular weight is 473 g/mol. The summed E-state index contributed by atoms with van der Waals surface area (Å²) < 4.78 is 39.6. The number of aromatic nitrogens is 1. The first kappa shape index (κ1) is 23.3. The largest absolute Gasteiger partial charge is 0.480 e. The molecule has 0 radical (unpaired) electrons. The molecule has 0 bridgehead atoms. The molecule has 2 atom stereocenters. The van der Waals surface area contributed by atoms with E-state index in [0.717, 1.165) is 11.0 Å². The Morgan fingerprint density at radius 3 is 2.69 bits per heavy atom. The first-order chi connectivity index (χ1) is 14.9. The van der Waals surface area contributed by atoms with Crippen molar-refractivity contribution < 1.29 is 32.8 Å². The molecule has 9 nitrogen and oxygen atoms in total. The molecule has 1 aliphatic heterocycles. The van der Waals surface area contributed by atoms with Crippen molar-refractivity contribution in [2.45, 2.75) is 25.6 Å². The lowest BCUT2D eigenvalue weighted by molar-refractivity contribution is -0.383. The summed E-state index contributed by atoms with van der Waals surface area (Å²) in [5.74, 6) is -3.54. The van der Waals surface area contributed by atoms with Gasteiger partial charge in [-0.1, -0.05) is 17.7 Å². The summed E-state index contributed by atoms with van der Waals surface area (Å²) in [7, 11) is 0. The van der Waals surface area contributed by atoms with Crippen molar-refractivity contribution in [1.82, 2.24) is 4.98 Å². The van der Waals surface area contributed by atoms with Crippen LogP contribution in [0.3, 0.4) is 0 Å². The van der Waals surface area contributed by atoms with Crippen LogP contribution >= 0.6 is 11.6 Å². The van der Waals surface area contributed by atoms with Gasteiger partial charge < -0.3 is 10.4 Å². The lowest BCUT2D eigenvalue weighted by Crippen LogP contribution is -2.43. The van der Waals surface area contributed by atoms with Gasteiger partial charge in [0, 0.05) is 30.6 Å². The molecule has 2 heterocycles. The van der Waals surface area contributed by atoms with Gasteiger partial charge in [0.2, 0.25) is 5.91 Å². The number of carboxylic acid groups (broad SMARTS) is 1. The van der Waals surface area contributed by atoms with Crippen LogP contribution in [0, 0.1) is 23.0 Å². The molecule has 0 saturated carbocycles. The van der Waals surface area contributed by atoms with Gasteiger partial charge in [0.05, 0.1) is 15.5 Å². The van der Waals surface area contributed by atoms with Crippen LogP contribution in [0.15, 0.2) is 30.3 Å². The van der Waals surface area contributed by atoms with Gasteiger partial charge in [-0.3, -0.25) is 19.8 Å². The third-order valence-corrected chi connectivity index (χ3v) is 5.24. The molecular formula is C19H16ClF3N4O5. The van der Waals surface area contributed by atoms with Crippen LogP contribution in [0.2, 0.25) is 5.02 Å². The van der Waals surface area contributed by atoms with Crippen LogP contribution in [0.25, 0.3) is 0 Å². The predicted octanol–water partition coefficient (Wildman–Crippen LogP) is 3.89. The summed E-state index contributed by atoms with van der Waals surface area (Å²) in [5.41, 5.74) is -1.51. The van der Waals surface area contributed by atoms with Crippen molar-refractivity contribution >= 4 is 40.7 Å². The molecule has 170 valence electrons. The average Bonchev–Trinajstić information content (AvgIpc) is 3.02. The van der Waals surface area contributed by atoms with Gasteiger partial charge in [-0.25, -0.2) is 9.78 Å². The fraction of sp³-hybridized carbons (Fsp3) is 0.316. The number of alkyl halides is 3. The van der Waals surface area contributed by atoms with Crippen LogP contribution in [0.5, 0.6) is 0 Å². The van der Waals surface area contributed by atoms with Crippen molar-refractivity contribution in [3.8, 4) is 0 Å². The Morgan fingerprint density at radius 1 is 1.41 bits per heavy atom. The number of anilines is 2. The zero-order chi connectivity index (χ0) is 23.8. The van der Waals surface area contributed by atoms with Gasteiger partial charge in [0.15, 0.2) is 0 Å². The SMILES string of the molecule is Cc1cc(C(F)(F)F)cc(N2C(=O)CC(CNc3c(Cl)cccc3[N+](=O)[O-])[C@H]2C(=O)O)n1. The predicted molar refractivity (Wildman–Crippen MR) is 108 cm³/mol. The van der Waals surface area contributed by atoms with E-state index in [1.54, 1.807) is 0 Å². The van der Waals surface area contributed by atoms with E-state index < -0.39 is 46.3 Å². The molecule has 1 aromatic heterocycles. The Morgan fingerprint density at radius 2 is 2.09 bits per heavy atom. The minimum atomic E-state index is -4.71. The molecule has 1 fully saturated rings. The summed E-state index contributed by atoms with van der Waals surface area (Å²) in [5, 5.41) is 23.7. The summed E-state index contributed by atoms with van der Waals surface area (Å²) in [6, 6.07) is 3.84. The van der Waals surface area contributed by atoms with Crippen LogP contribution in [-0.4, -0.2) is 39.5 Å². The summed E-state index contributed by atoms with van der Waals surface area (Å²) in [6.07, 6.45) is -5.03. The molecule has 1 amide bonds. The van der Waals surface area contributed by atoms with E-state index in [9.17, 15) is 38.0 Å². The van der Waals surface area contributed by atoms with E-state index in [2.05, 4.69) is 10.3 Å². The number of carboxylic acids is 1. The van der Waals surface area contributed by atoms with Gasteiger partial charge in [-0.15, -0.1) is 0 Å². The van der Waals surface area contributed by atoms with Gasteiger partial charge in [0.25, 0.3) is 5.69 Å². The fourth-order valence-electron chi connectivity index (χ4n) is 3.58. The highest BCUT2D eigenvalue weighted by atomic mass is 35.5. The third-order valence-electron chi connectivity index (χ3n) is 4.93. The number of aryl methyl sites for hydroxylation is 1. The van der Waals surface area contributed by atoms with E-state index in [-0.39, 0.29) is 35.1 Å². The zero-order valence-corrected chi connectivity index (χ0v) is 17.1. The molecule has 32 heavy (non-hydrogen) atoms. The standard InChI is InChI=1S/C19H16ClF3N4O5/c1-9-5-11(19(21,22)23)7-14(25-9)26-15(28)6-10(17(26)18(29)30)8-24-16-12(20)3-2-4-13(16)27(31)32/h2-5,7,10,17,24H,6,8H2,1H3,(H,29,30)/t10?,17-/m0/s1. The Labute approximate surface area is 184 Å². The number of hydrogen-bond acceptors (Lipinski definition) is 6. The molecule has 13 heteroatoms. The molecule has 1 saturated heterocycles. The number of aliphatic carboxylic acids is 1. The number of nitro benzene ring substituents is 1. The van der Waals surface area contributed by atoms with Crippen LogP contribution in [-0.2, 0) is 15.8 Å². The number of rotatable bonds is 6. The quantitative estimate of drug-likeness (QED) is 0.482. The highest BCUT2D eigenvalue weighted by Gasteiger charge is 2.46. The van der Waals surface area contributed by atoms with Gasteiger partial charge >= 0.3 is 12.1 Å². The van der Waals surface area contributed by atoms with Crippen molar-refractivity contribution in [1.29, 1.82) is 0 Å². The first-order valence-electron chi connectivity index (χ1n) is 9.17. The van der Waals surface area contributed by atoms with Crippen molar-refractivity contribution in [2.24, 2.45) is 5.92 Å². The molecule has 1 aromatic carbocycles. The summed E-state index contributed by atoms with van der Waals surface area (Å²) in [4.78, 5) is 39.8. The van der Waals surface area contributed by atoms with E-state index in [1.807, 2.05) is 0 Å². The highest BCUT2D eigenvalue weighted by Crippen LogP contribution is 2.37. The number of benzene rings is 1. The van der Waals surface area contributed by atoms with Crippen molar-refractivity contribution in [3.63, 3.8) is 0 Å². The number of pyridine rings is 1. The highest BCUT2D eigenvalue weighted by molar-refractivity contribution is 6.33. The topological polar surface area (TPSA) is 126 Å². The number of carbonyl (C=O) groups excluding carboxylic acids is 1. The Balaban J connectivity index is 1.93. The second-order valence-electron chi connectivity index (χ2n) is 7.14. The summed E-state index contributed by atoms with van der Waals surface area (Å²) >= 11 is 6.01. The molecule has 0 aliphatic carbocycles. The second kappa shape index (κ2) is 8.61. The lowest BCUT2D eigenvalue weighted by Gasteiger charge is -2.25. The van der Waals surface area contributed by atoms with E-state index in [4.69, 9.17) is 11.6 Å². The lowest BCUT2D eigenvalue weighted by atomic mass is 10.00. The van der Waals surface area contributed by atoms with Crippen molar-refractivity contribution in [2.75, 3.05) is 16.8 Å². The second-order valence-corrected chi connectivity index (χ2v) is 7.54. The normalized spacial score (nSPS) is 18.7. The smallest absolute Gasteiger partial charge is 0.416 e. The molecule has 1 aliphatic rings. The molecule has 1 unspecified atom stereocenters. The monoisotopic (exact) mass is 472 g/mol. The maximum atomic E-state index is 13.2. The molecule has 0 spiro atoms. The van der Waals surface area contributed by atoms with E-state index >= 15 is 0 Å². The molecule has 2 aromatic rings. The number of para-hydroxylation sites is 1. The van der Waals surface area contributed by atoms with Crippen LogP contribution in [0.1, 0.15) is 17.7 Å². The summed E-state index contributed by atoms with van der Waals surface area (Å²) in [6.45, 7) is 1.09. The maximum Gasteiger partial charge on any atom is 0.416 e. The molecular weight excluding hydrogens is 457 g/mol.